The standard InChI is InChI=1S/C17H14O3/c18-10-9-14-11-15-16(7-4-8-17(15)20-14)19-12-13-5-2-1-3-6-13/h1-8,10-11H,9,12H2. The Morgan fingerprint density at radius 3 is 2.70 bits per heavy atom. The van der Waals surface area contributed by atoms with Crippen molar-refractivity contribution in [3.63, 3.8) is 0 Å². The van der Waals surface area contributed by atoms with Crippen molar-refractivity contribution in [2.45, 2.75) is 13.0 Å². The highest BCUT2D eigenvalue weighted by Crippen LogP contribution is 2.29. The molecule has 0 aliphatic heterocycles. The van der Waals surface area contributed by atoms with Crippen LogP contribution < -0.4 is 4.74 Å². The SMILES string of the molecule is O=CCc1cc2c(OCc3ccccc3)cccc2o1. The molecule has 20 heavy (non-hydrogen) atoms. The van der Waals surface area contributed by atoms with Crippen molar-refractivity contribution in [3.8, 4) is 5.75 Å². The molecule has 3 rings (SSSR count). The first-order chi connectivity index (χ1) is 9.86. The molecule has 0 bridgehead atoms. The number of carbonyl (C=O) groups is 1. The van der Waals surface area contributed by atoms with Crippen LogP contribution in [0.3, 0.4) is 0 Å². The molecule has 0 fully saturated rings. The predicted octanol–water partition coefficient (Wildman–Crippen LogP) is 3.75. The summed E-state index contributed by atoms with van der Waals surface area (Å²) in [4.78, 5) is 10.6. The Hall–Kier alpha value is -2.55. The van der Waals surface area contributed by atoms with Gasteiger partial charge >= 0.3 is 0 Å². The second kappa shape index (κ2) is 5.61. The van der Waals surface area contributed by atoms with Gasteiger partial charge in [-0.25, -0.2) is 0 Å². The minimum atomic E-state index is 0.285. The molecule has 0 aliphatic carbocycles. The van der Waals surface area contributed by atoms with E-state index >= 15 is 0 Å². The van der Waals surface area contributed by atoms with E-state index in [-0.39, 0.29) is 6.42 Å². The van der Waals surface area contributed by atoms with Crippen molar-refractivity contribution in [3.05, 3.63) is 65.9 Å². The quantitative estimate of drug-likeness (QED) is 0.660. The van der Waals surface area contributed by atoms with Gasteiger partial charge in [0.05, 0.1) is 11.8 Å². The summed E-state index contributed by atoms with van der Waals surface area (Å²) < 4.78 is 11.4. The molecule has 3 nitrogen and oxygen atoms in total. The molecule has 0 atom stereocenters. The molecule has 100 valence electrons. The van der Waals surface area contributed by atoms with E-state index < -0.39 is 0 Å². The van der Waals surface area contributed by atoms with Crippen LogP contribution in [0.5, 0.6) is 5.75 Å². The van der Waals surface area contributed by atoms with Gasteiger partial charge in [0.2, 0.25) is 0 Å². The summed E-state index contributed by atoms with van der Waals surface area (Å²) in [5.74, 6) is 1.43. The van der Waals surface area contributed by atoms with E-state index in [9.17, 15) is 4.79 Å². The van der Waals surface area contributed by atoms with Crippen LogP contribution in [-0.4, -0.2) is 6.29 Å². The van der Waals surface area contributed by atoms with Crippen LogP contribution in [0.2, 0.25) is 0 Å². The fourth-order valence-electron chi connectivity index (χ4n) is 2.13. The summed E-state index contributed by atoms with van der Waals surface area (Å²) in [6.45, 7) is 0.508. The van der Waals surface area contributed by atoms with Crippen LogP contribution in [0.4, 0.5) is 0 Å². The third-order valence-electron chi connectivity index (χ3n) is 3.09. The van der Waals surface area contributed by atoms with Crippen molar-refractivity contribution in [1.29, 1.82) is 0 Å². The number of hydrogen-bond donors (Lipinski definition) is 0. The third kappa shape index (κ3) is 2.57. The van der Waals surface area contributed by atoms with Crippen molar-refractivity contribution in [2.75, 3.05) is 0 Å². The van der Waals surface area contributed by atoms with E-state index in [1.54, 1.807) is 0 Å². The second-order valence-electron chi connectivity index (χ2n) is 4.53. The first-order valence-electron chi connectivity index (χ1n) is 6.48. The van der Waals surface area contributed by atoms with Crippen LogP contribution in [0.25, 0.3) is 11.0 Å². The van der Waals surface area contributed by atoms with E-state index in [0.29, 0.717) is 12.4 Å². The smallest absolute Gasteiger partial charge is 0.138 e. The normalized spacial score (nSPS) is 10.6. The lowest BCUT2D eigenvalue weighted by Gasteiger charge is -2.06. The predicted molar refractivity (Wildman–Crippen MR) is 76.8 cm³/mol. The third-order valence-corrected chi connectivity index (χ3v) is 3.09. The van der Waals surface area contributed by atoms with Gasteiger partial charge in [-0.3, -0.25) is 0 Å². The second-order valence-corrected chi connectivity index (χ2v) is 4.53. The molecule has 2 aromatic carbocycles. The number of fused-ring (bicyclic) bond motifs is 1. The Bertz CT molecular complexity index is 713. The van der Waals surface area contributed by atoms with Gasteiger partial charge in [0.15, 0.2) is 0 Å². The molecular weight excluding hydrogens is 252 g/mol. The molecule has 0 aliphatic rings. The number of aldehydes is 1. The average molecular weight is 266 g/mol. The van der Waals surface area contributed by atoms with Crippen LogP contribution >= 0.6 is 0 Å². The van der Waals surface area contributed by atoms with Crippen LogP contribution in [0.15, 0.2) is 59.0 Å². The first kappa shape index (κ1) is 12.5. The van der Waals surface area contributed by atoms with Crippen molar-refractivity contribution >= 4 is 17.3 Å². The van der Waals surface area contributed by atoms with Gasteiger partial charge in [-0.15, -0.1) is 0 Å². The van der Waals surface area contributed by atoms with E-state index in [4.69, 9.17) is 9.15 Å². The van der Waals surface area contributed by atoms with Gasteiger partial charge < -0.3 is 13.9 Å². The summed E-state index contributed by atoms with van der Waals surface area (Å²) in [5.41, 5.74) is 1.86. The average Bonchev–Trinajstić information content (AvgIpc) is 2.89. The number of ether oxygens (including phenoxy) is 1. The summed E-state index contributed by atoms with van der Waals surface area (Å²) >= 11 is 0. The summed E-state index contributed by atoms with van der Waals surface area (Å²) in [6.07, 6.45) is 1.12. The molecule has 0 unspecified atom stereocenters. The molecule has 0 spiro atoms. The molecular formula is C17H14O3. The molecule has 0 saturated carbocycles. The highest BCUT2D eigenvalue weighted by Gasteiger charge is 2.08. The van der Waals surface area contributed by atoms with Gasteiger partial charge in [0, 0.05) is 0 Å². The molecule has 1 aromatic heterocycles. The first-order valence-corrected chi connectivity index (χ1v) is 6.48. The van der Waals surface area contributed by atoms with Crippen LogP contribution in [-0.2, 0) is 17.8 Å². The van der Waals surface area contributed by atoms with Gasteiger partial charge in [-0.2, -0.15) is 0 Å². The summed E-state index contributed by atoms with van der Waals surface area (Å²) in [6, 6.07) is 17.5. The number of benzene rings is 2. The van der Waals surface area contributed by atoms with Gasteiger partial charge in [0.25, 0.3) is 0 Å². The van der Waals surface area contributed by atoms with E-state index in [0.717, 1.165) is 28.6 Å². The number of furan rings is 1. The van der Waals surface area contributed by atoms with Crippen molar-refractivity contribution < 1.29 is 13.9 Å². The summed E-state index contributed by atoms with van der Waals surface area (Å²) in [5, 5.41) is 0.903. The molecule has 0 radical (unpaired) electrons. The Labute approximate surface area is 116 Å². The minimum Gasteiger partial charge on any atom is -0.488 e. The fourth-order valence-corrected chi connectivity index (χ4v) is 2.13. The minimum absolute atomic E-state index is 0.285. The number of rotatable bonds is 5. The van der Waals surface area contributed by atoms with E-state index in [2.05, 4.69) is 0 Å². The topological polar surface area (TPSA) is 39.4 Å². The number of hydrogen-bond acceptors (Lipinski definition) is 3. The Balaban J connectivity index is 1.85. The van der Waals surface area contributed by atoms with Crippen molar-refractivity contribution in [1.82, 2.24) is 0 Å². The zero-order valence-corrected chi connectivity index (χ0v) is 10.9. The largest absolute Gasteiger partial charge is 0.488 e. The Kier molecular flexibility index (Phi) is 3.50. The monoisotopic (exact) mass is 266 g/mol. The maximum atomic E-state index is 10.6. The maximum absolute atomic E-state index is 10.6. The lowest BCUT2D eigenvalue weighted by atomic mass is 10.2. The lowest BCUT2D eigenvalue weighted by Crippen LogP contribution is -1.94. The molecule has 1 heterocycles. The highest BCUT2D eigenvalue weighted by atomic mass is 16.5. The highest BCUT2D eigenvalue weighted by molar-refractivity contribution is 5.85. The zero-order chi connectivity index (χ0) is 13.8. The van der Waals surface area contributed by atoms with Gasteiger partial charge in [-0.1, -0.05) is 36.4 Å². The number of carbonyl (C=O) groups excluding carboxylic acids is 1. The lowest BCUT2D eigenvalue weighted by molar-refractivity contribution is -0.107. The molecule has 3 aromatic rings. The van der Waals surface area contributed by atoms with Crippen LogP contribution in [0.1, 0.15) is 11.3 Å². The van der Waals surface area contributed by atoms with E-state index in [1.165, 1.54) is 0 Å². The van der Waals surface area contributed by atoms with Gasteiger partial charge in [0.1, 0.15) is 30.0 Å². The Morgan fingerprint density at radius 2 is 1.90 bits per heavy atom. The zero-order valence-electron chi connectivity index (χ0n) is 10.9. The van der Waals surface area contributed by atoms with Crippen LogP contribution in [0, 0.1) is 0 Å². The molecule has 0 amide bonds. The maximum Gasteiger partial charge on any atom is 0.138 e. The summed E-state index contributed by atoms with van der Waals surface area (Å²) in [7, 11) is 0. The molecule has 0 saturated heterocycles. The van der Waals surface area contributed by atoms with E-state index in [1.807, 2.05) is 54.6 Å². The van der Waals surface area contributed by atoms with Crippen molar-refractivity contribution in [2.24, 2.45) is 0 Å². The van der Waals surface area contributed by atoms with Gasteiger partial charge in [-0.05, 0) is 23.8 Å². The molecule has 3 heteroatoms. The Morgan fingerprint density at radius 1 is 1.05 bits per heavy atom. The fraction of sp³-hybridized carbons (Fsp3) is 0.118. The molecule has 0 N–H and O–H groups in total.